The van der Waals surface area contributed by atoms with Gasteiger partial charge in [0, 0.05) is 0 Å². The van der Waals surface area contributed by atoms with Gasteiger partial charge < -0.3 is 4.43 Å². The highest BCUT2D eigenvalue weighted by molar-refractivity contribution is 5.98. The lowest BCUT2D eigenvalue weighted by Gasteiger charge is -2.22. The van der Waals surface area contributed by atoms with E-state index >= 15 is 0 Å². The fraction of sp³-hybridized carbons (Fsp3) is 0.800. The summed E-state index contributed by atoms with van der Waals surface area (Å²) < 4.78 is 5.47. The molecule has 0 bridgehead atoms. The first-order chi connectivity index (χ1) is 5.67. The van der Waals surface area contributed by atoms with Crippen LogP contribution in [0.4, 0.5) is 0 Å². The van der Waals surface area contributed by atoms with Gasteiger partial charge in [-0.3, -0.25) is 0 Å². The summed E-state index contributed by atoms with van der Waals surface area (Å²) in [6.45, 7) is 10.7. The van der Waals surface area contributed by atoms with Crippen LogP contribution in [0.3, 0.4) is 0 Å². The maximum absolute atomic E-state index is 5.47. The summed E-state index contributed by atoms with van der Waals surface area (Å²) in [4.78, 5) is 0. The van der Waals surface area contributed by atoms with Gasteiger partial charge in [0.25, 0.3) is 0 Å². The molecule has 0 amide bonds. The van der Waals surface area contributed by atoms with E-state index in [2.05, 4.69) is 27.4 Å². The predicted octanol–water partition coefficient (Wildman–Crippen LogP) is 2.05. The molecule has 0 rings (SSSR count). The smallest absolute Gasteiger partial charge is 0.146 e. The molecule has 0 aliphatic carbocycles. The molecule has 0 N–H and O–H groups in total. The van der Waals surface area contributed by atoms with Crippen molar-refractivity contribution >= 4 is 10.5 Å². The van der Waals surface area contributed by atoms with Crippen LogP contribution in [0.15, 0.2) is 12.2 Å². The molecule has 12 heavy (non-hydrogen) atoms. The SMILES string of the molecule is C=C(C(C)CCC)C(CC)O[SiH3]. The fourth-order valence-corrected chi connectivity index (χ4v) is 2.15. The topological polar surface area (TPSA) is 9.23 Å². The normalized spacial score (nSPS) is 15.9. The van der Waals surface area contributed by atoms with Crippen molar-refractivity contribution in [2.75, 3.05) is 0 Å². The van der Waals surface area contributed by atoms with Crippen LogP contribution in [0.1, 0.15) is 40.0 Å². The number of hydrogen-bond donors (Lipinski definition) is 0. The molecule has 2 heteroatoms. The van der Waals surface area contributed by atoms with Crippen LogP contribution in [0.5, 0.6) is 0 Å². The summed E-state index contributed by atoms with van der Waals surface area (Å²) >= 11 is 0. The Labute approximate surface area is 79.7 Å². The molecule has 0 saturated carbocycles. The van der Waals surface area contributed by atoms with E-state index in [9.17, 15) is 0 Å². The van der Waals surface area contributed by atoms with Crippen molar-refractivity contribution in [1.82, 2.24) is 0 Å². The van der Waals surface area contributed by atoms with Gasteiger partial charge in [0.1, 0.15) is 10.5 Å². The Morgan fingerprint density at radius 3 is 2.42 bits per heavy atom. The van der Waals surface area contributed by atoms with Crippen LogP contribution < -0.4 is 0 Å². The molecule has 0 aromatic carbocycles. The molecule has 0 fully saturated rings. The number of rotatable bonds is 6. The molecule has 0 radical (unpaired) electrons. The Morgan fingerprint density at radius 2 is 2.08 bits per heavy atom. The van der Waals surface area contributed by atoms with E-state index in [4.69, 9.17) is 4.43 Å². The van der Waals surface area contributed by atoms with Gasteiger partial charge in [0.15, 0.2) is 0 Å². The first-order valence-corrected chi connectivity index (χ1v) is 5.70. The van der Waals surface area contributed by atoms with Crippen LogP contribution in [-0.4, -0.2) is 16.6 Å². The number of hydrogen-bond acceptors (Lipinski definition) is 1. The monoisotopic (exact) mass is 186 g/mol. The molecule has 0 aromatic rings. The third-order valence-electron chi connectivity index (χ3n) is 2.42. The average Bonchev–Trinajstić information content (AvgIpc) is 2.07. The minimum Gasteiger partial charge on any atom is -0.421 e. The summed E-state index contributed by atoms with van der Waals surface area (Å²) in [6.07, 6.45) is 3.85. The minimum atomic E-state index is 0.318. The summed E-state index contributed by atoms with van der Waals surface area (Å²) in [5, 5.41) is 0. The standard InChI is InChI=1S/C10H22OSi/c1-5-7-8(3)9(4)10(6-2)11-12/h8,10H,4-7H2,1-3,12H3. The van der Waals surface area contributed by atoms with Crippen molar-refractivity contribution in [3.8, 4) is 0 Å². The Hall–Kier alpha value is -0.0831. The van der Waals surface area contributed by atoms with Gasteiger partial charge in [-0.15, -0.1) is 0 Å². The fourth-order valence-electron chi connectivity index (χ4n) is 1.52. The van der Waals surface area contributed by atoms with Crippen molar-refractivity contribution in [2.24, 2.45) is 5.92 Å². The second-order valence-corrected chi connectivity index (χ2v) is 3.87. The minimum absolute atomic E-state index is 0.318. The molecule has 0 heterocycles. The molecule has 0 spiro atoms. The summed E-state index contributed by atoms with van der Waals surface area (Å²) in [6, 6.07) is 0. The molecular formula is C10H22OSi. The van der Waals surface area contributed by atoms with Gasteiger partial charge in [-0.1, -0.05) is 33.8 Å². The molecule has 0 aromatic heterocycles. The van der Waals surface area contributed by atoms with E-state index < -0.39 is 0 Å². The van der Waals surface area contributed by atoms with Crippen LogP contribution in [0, 0.1) is 5.92 Å². The van der Waals surface area contributed by atoms with Crippen molar-refractivity contribution in [1.29, 1.82) is 0 Å². The second-order valence-electron chi connectivity index (χ2n) is 3.40. The highest BCUT2D eigenvalue weighted by Crippen LogP contribution is 2.21. The zero-order chi connectivity index (χ0) is 9.56. The van der Waals surface area contributed by atoms with Gasteiger partial charge in [0.2, 0.25) is 0 Å². The predicted molar refractivity (Wildman–Crippen MR) is 58.3 cm³/mol. The van der Waals surface area contributed by atoms with Crippen LogP contribution in [-0.2, 0) is 4.43 Å². The largest absolute Gasteiger partial charge is 0.421 e. The van der Waals surface area contributed by atoms with E-state index in [0.29, 0.717) is 12.0 Å². The van der Waals surface area contributed by atoms with E-state index in [1.165, 1.54) is 18.4 Å². The Balaban J connectivity index is 3.97. The molecule has 1 nitrogen and oxygen atoms in total. The zero-order valence-electron chi connectivity index (χ0n) is 8.89. The van der Waals surface area contributed by atoms with Gasteiger partial charge in [-0.2, -0.15) is 0 Å². The summed E-state index contributed by atoms with van der Waals surface area (Å²) in [7, 11) is 0.819. The van der Waals surface area contributed by atoms with E-state index in [1.54, 1.807) is 0 Å². The van der Waals surface area contributed by atoms with Crippen molar-refractivity contribution in [3.63, 3.8) is 0 Å². The quantitative estimate of drug-likeness (QED) is 0.456. The lowest BCUT2D eigenvalue weighted by Crippen LogP contribution is -2.17. The third-order valence-corrected chi connectivity index (χ3v) is 2.99. The molecule has 2 atom stereocenters. The first kappa shape index (κ1) is 11.9. The summed E-state index contributed by atoms with van der Waals surface area (Å²) in [5.41, 5.74) is 1.29. The van der Waals surface area contributed by atoms with E-state index in [0.717, 1.165) is 16.9 Å². The molecule has 0 aliphatic heterocycles. The van der Waals surface area contributed by atoms with Crippen LogP contribution in [0.2, 0.25) is 0 Å². The highest BCUT2D eigenvalue weighted by atomic mass is 28.2. The van der Waals surface area contributed by atoms with Crippen LogP contribution in [0.25, 0.3) is 0 Å². The lowest BCUT2D eigenvalue weighted by atomic mass is 9.92. The van der Waals surface area contributed by atoms with Crippen molar-refractivity contribution in [3.05, 3.63) is 12.2 Å². The Bertz CT molecular complexity index is 130. The Kier molecular flexibility index (Phi) is 6.39. The van der Waals surface area contributed by atoms with Gasteiger partial charge in [0.05, 0.1) is 6.10 Å². The van der Waals surface area contributed by atoms with Gasteiger partial charge in [-0.05, 0) is 24.3 Å². The van der Waals surface area contributed by atoms with Gasteiger partial charge >= 0.3 is 0 Å². The van der Waals surface area contributed by atoms with Crippen LogP contribution >= 0.6 is 0 Å². The Morgan fingerprint density at radius 1 is 1.50 bits per heavy atom. The van der Waals surface area contributed by atoms with E-state index in [-0.39, 0.29) is 0 Å². The average molecular weight is 186 g/mol. The molecule has 72 valence electrons. The van der Waals surface area contributed by atoms with Crippen molar-refractivity contribution in [2.45, 2.75) is 46.1 Å². The lowest BCUT2D eigenvalue weighted by molar-refractivity contribution is 0.239. The maximum atomic E-state index is 5.47. The van der Waals surface area contributed by atoms with Gasteiger partial charge in [-0.25, -0.2) is 0 Å². The third kappa shape index (κ3) is 3.54. The van der Waals surface area contributed by atoms with E-state index in [1.807, 2.05) is 0 Å². The highest BCUT2D eigenvalue weighted by Gasteiger charge is 2.13. The molecule has 0 saturated heterocycles. The first-order valence-electron chi connectivity index (χ1n) is 4.88. The van der Waals surface area contributed by atoms with Crippen molar-refractivity contribution < 1.29 is 4.43 Å². The maximum Gasteiger partial charge on any atom is 0.146 e. The summed E-state index contributed by atoms with van der Waals surface area (Å²) in [5.74, 6) is 0.619. The molecule has 2 unspecified atom stereocenters. The second kappa shape index (κ2) is 6.43. The molecule has 0 aliphatic rings. The molecular weight excluding hydrogens is 164 g/mol. The zero-order valence-corrected chi connectivity index (χ0v) is 10.9.